The van der Waals surface area contributed by atoms with Crippen LogP contribution >= 0.6 is 35.6 Å². The van der Waals surface area contributed by atoms with Crippen LogP contribution in [0.3, 0.4) is 0 Å². The molecule has 1 aromatic carbocycles. The average Bonchev–Trinajstić information content (AvgIpc) is 2.79. The highest BCUT2D eigenvalue weighted by atomic mass is 127. The molecular weight excluding hydrogens is 525 g/mol. The lowest BCUT2D eigenvalue weighted by molar-refractivity contribution is 0.312. The van der Waals surface area contributed by atoms with Gasteiger partial charge in [-0.3, -0.25) is 0 Å². The van der Waals surface area contributed by atoms with Crippen LogP contribution in [-0.2, 0) is 6.54 Å². The first-order chi connectivity index (χ1) is 14.6. The molecule has 2 aromatic rings. The molecule has 31 heavy (non-hydrogen) atoms. The Hall–Kier alpha value is -1.78. The number of benzene rings is 1. The van der Waals surface area contributed by atoms with E-state index in [1.54, 1.807) is 0 Å². The molecule has 0 aliphatic carbocycles. The molecule has 2 aliphatic rings. The van der Waals surface area contributed by atoms with Gasteiger partial charge in [0, 0.05) is 69.3 Å². The van der Waals surface area contributed by atoms with Gasteiger partial charge < -0.3 is 25.3 Å². The Labute approximate surface area is 206 Å². The maximum Gasteiger partial charge on any atom is 0.191 e. The van der Waals surface area contributed by atoms with Gasteiger partial charge >= 0.3 is 0 Å². The molecule has 2 N–H and O–H groups in total. The van der Waals surface area contributed by atoms with Crippen LogP contribution in [0.4, 0.5) is 11.5 Å². The Balaban J connectivity index is 0.00000272. The molecule has 4 rings (SSSR count). The Kier molecular flexibility index (Phi) is 8.62. The van der Waals surface area contributed by atoms with E-state index in [4.69, 9.17) is 17.3 Å². The van der Waals surface area contributed by atoms with Gasteiger partial charge in [-0.1, -0.05) is 17.7 Å². The maximum absolute atomic E-state index is 6.27. The van der Waals surface area contributed by atoms with Crippen LogP contribution in [0.2, 0.25) is 5.02 Å². The van der Waals surface area contributed by atoms with Crippen LogP contribution in [0.1, 0.15) is 5.56 Å². The van der Waals surface area contributed by atoms with Gasteiger partial charge in [-0.2, -0.15) is 0 Å². The Morgan fingerprint density at radius 3 is 2.19 bits per heavy atom. The fourth-order valence-corrected chi connectivity index (χ4v) is 3.98. The lowest BCUT2D eigenvalue weighted by Crippen LogP contribution is -2.51. The number of likely N-dealkylation sites (N-methyl/N-ethyl adjacent to an activating group) is 1. The van der Waals surface area contributed by atoms with Gasteiger partial charge in [-0.05, 0) is 42.9 Å². The Morgan fingerprint density at radius 1 is 0.935 bits per heavy atom. The SMILES string of the molecule is CN1CCN(c2ccc(CN=C(N)N3CCN(c4ccc(Cl)cc4)CC3)cn2)CC1.I. The topological polar surface area (TPSA) is 64.2 Å². The van der Waals surface area contributed by atoms with E-state index < -0.39 is 0 Å². The molecule has 2 fully saturated rings. The Bertz CT molecular complexity index is 843. The van der Waals surface area contributed by atoms with Crippen LogP contribution in [0.5, 0.6) is 0 Å². The minimum absolute atomic E-state index is 0. The number of hydrogen-bond acceptors (Lipinski definition) is 5. The van der Waals surface area contributed by atoms with Crippen molar-refractivity contribution in [2.45, 2.75) is 6.54 Å². The minimum atomic E-state index is 0. The smallest absolute Gasteiger partial charge is 0.191 e. The number of aromatic nitrogens is 1. The molecule has 0 unspecified atom stereocenters. The zero-order valence-electron chi connectivity index (χ0n) is 18.0. The number of piperazine rings is 2. The van der Waals surface area contributed by atoms with Crippen LogP contribution in [0.15, 0.2) is 47.6 Å². The molecule has 2 aliphatic heterocycles. The van der Waals surface area contributed by atoms with E-state index in [1.165, 1.54) is 5.69 Å². The maximum atomic E-state index is 6.27. The number of nitrogens with two attached hydrogens (primary N) is 1. The molecule has 0 saturated carbocycles. The van der Waals surface area contributed by atoms with Gasteiger partial charge in [0.05, 0.1) is 6.54 Å². The first-order valence-corrected chi connectivity index (χ1v) is 10.9. The minimum Gasteiger partial charge on any atom is -0.370 e. The molecule has 0 radical (unpaired) electrons. The summed E-state index contributed by atoms with van der Waals surface area (Å²) in [7, 11) is 2.16. The van der Waals surface area contributed by atoms with Gasteiger partial charge in [0.2, 0.25) is 0 Å². The van der Waals surface area contributed by atoms with Crippen molar-refractivity contribution < 1.29 is 0 Å². The van der Waals surface area contributed by atoms with Gasteiger partial charge in [0.15, 0.2) is 5.96 Å². The van der Waals surface area contributed by atoms with Gasteiger partial charge in [0.25, 0.3) is 0 Å². The summed E-state index contributed by atoms with van der Waals surface area (Å²) in [5.41, 5.74) is 8.54. The van der Waals surface area contributed by atoms with E-state index in [9.17, 15) is 0 Å². The van der Waals surface area contributed by atoms with E-state index in [-0.39, 0.29) is 24.0 Å². The number of guanidine groups is 1. The lowest BCUT2D eigenvalue weighted by Gasteiger charge is -2.36. The van der Waals surface area contributed by atoms with E-state index in [0.717, 1.165) is 68.8 Å². The quantitative estimate of drug-likeness (QED) is 0.356. The summed E-state index contributed by atoms with van der Waals surface area (Å²) in [6.45, 7) is 8.31. The van der Waals surface area contributed by atoms with Gasteiger partial charge in [0.1, 0.15) is 5.82 Å². The number of nitrogens with zero attached hydrogens (tertiary/aromatic N) is 6. The van der Waals surface area contributed by atoms with Crippen molar-refractivity contribution in [2.24, 2.45) is 10.7 Å². The highest BCUT2D eigenvalue weighted by molar-refractivity contribution is 14.0. The van der Waals surface area contributed by atoms with Crippen LogP contribution < -0.4 is 15.5 Å². The molecule has 2 saturated heterocycles. The van der Waals surface area contributed by atoms with Crippen molar-refractivity contribution in [1.29, 1.82) is 0 Å². The number of pyridine rings is 1. The second-order valence-electron chi connectivity index (χ2n) is 7.94. The first kappa shape index (κ1) is 23.9. The summed E-state index contributed by atoms with van der Waals surface area (Å²) in [6, 6.07) is 12.2. The number of halogens is 2. The molecule has 0 atom stereocenters. The summed E-state index contributed by atoms with van der Waals surface area (Å²) >= 11 is 5.99. The molecule has 3 heterocycles. The lowest BCUT2D eigenvalue weighted by atomic mass is 10.2. The second-order valence-corrected chi connectivity index (χ2v) is 8.38. The number of rotatable bonds is 4. The molecule has 1 aromatic heterocycles. The average molecular weight is 556 g/mol. The van der Waals surface area contributed by atoms with Gasteiger partial charge in [-0.15, -0.1) is 24.0 Å². The van der Waals surface area contributed by atoms with Crippen LogP contribution in [0, 0.1) is 0 Å². The van der Waals surface area contributed by atoms with Crippen molar-refractivity contribution in [1.82, 2.24) is 14.8 Å². The molecule has 9 heteroatoms. The van der Waals surface area contributed by atoms with E-state index in [2.05, 4.69) is 60.9 Å². The molecule has 0 bridgehead atoms. The predicted molar refractivity (Wildman–Crippen MR) is 140 cm³/mol. The number of anilines is 2. The third kappa shape index (κ3) is 6.36. The predicted octanol–water partition coefficient (Wildman–Crippen LogP) is 2.74. The van der Waals surface area contributed by atoms with E-state index in [0.29, 0.717) is 12.5 Å². The first-order valence-electron chi connectivity index (χ1n) is 10.5. The summed E-state index contributed by atoms with van der Waals surface area (Å²) in [5.74, 6) is 1.65. The fraction of sp³-hybridized carbons (Fsp3) is 0.455. The van der Waals surface area contributed by atoms with Crippen molar-refractivity contribution >= 4 is 53.0 Å². The number of aliphatic imine (C=N–C) groups is 1. The standard InChI is InChI=1S/C22H30ClN7.HI/c1-27-8-10-29(11-9-27)21-7-2-18(16-25-21)17-26-22(24)30-14-12-28(13-15-30)20-5-3-19(23)4-6-20;/h2-7,16H,8-15,17H2,1H3,(H2,24,26);1H. The fourth-order valence-electron chi connectivity index (χ4n) is 3.85. The van der Waals surface area contributed by atoms with Crippen molar-refractivity contribution in [3.05, 3.63) is 53.2 Å². The Morgan fingerprint density at radius 2 is 1.58 bits per heavy atom. The zero-order valence-corrected chi connectivity index (χ0v) is 21.0. The van der Waals surface area contributed by atoms with Crippen LogP contribution in [0.25, 0.3) is 0 Å². The zero-order chi connectivity index (χ0) is 20.9. The molecule has 168 valence electrons. The van der Waals surface area contributed by atoms with Crippen molar-refractivity contribution in [3.63, 3.8) is 0 Å². The van der Waals surface area contributed by atoms with Crippen molar-refractivity contribution in [2.75, 3.05) is 69.2 Å². The monoisotopic (exact) mass is 555 g/mol. The normalized spacial score (nSPS) is 18.1. The third-order valence-corrected chi connectivity index (χ3v) is 6.11. The summed E-state index contributed by atoms with van der Waals surface area (Å²) in [5, 5.41) is 0.764. The highest BCUT2D eigenvalue weighted by Gasteiger charge is 2.19. The van der Waals surface area contributed by atoms with Crippen LogP contribution in [-0.4, -0.2) is 80.1 Å². The summed E-state index contributed by atoms with van der Waals surface area (Å²) in [4.78, 5) is 18.4. The second kappa shape index (κ2) is 11.2. The highest BCUT2D eigenvalue weighted by Crippen LogP contribution is 2.19. The van der Waals surface area contributed by atoms with Crippen molar-refractivity contribution in [3.8, 4) is 0 Å². The third-order valence-electron chi connectivity index (χ3n) is 5.86. The largest absolute Gasteiger partial charge is 0.370 e. The van der Waals surface area contributed by atoms with E-state index >= 15 is 0 Å². The summed E-state index contributed by atoms with van der Waals surface area (Å²) in [6.07, 6.45) is 1.92. The van der Waals surface area contributed by atoms with Gasteiger partial charge in [-0.25, -0.2) is 9.98 Å². The molecular formula is C22H31ClIN7. The molecule has 0 amide bonds. The van der Waals surface area contributed by atoms with E-state index in [1.807, 2.05) is 18.3 Å². The molecule has 0 spiro atoms. The molecule has 7 nitrogen and oxygen atoms in total. The summed E-state index contributed by atoms with van der Waals surface area (Å²) < 4.78 is 0. The number of hydrogen-bond donors (Lipinski definition) is 1.